The Bertz CT molecular complexity index is 1070. The van der Waals surface area contributed by atoms with Crippen LogP contribution in [0.3, 0.4) is 0 Å². The van der Waals surface area contributed by atoms with E-state index in [2.05, 4.69) is 16.0 Å². The minimum Gasteiger partial charge on any atom is -0.609 e. The van der Waals surface area contributed by atoms with Crippen molar-refractivity contribution in [1.82, 2.24) is 9.97 Å². The number of β-amino-alcohol motifs (C(OH)–C–C–N with tert-alkyl or cyclic N) is 1. The van der Waals surface area contributed by atoms with Crippen LogP contribution in [-0.4, -0.2) is 57.7 Å². The molecule has 164 valence electrons. The Hall–Kier alpha value is -1.93. The van der Waals surface area contributed by atoms with E-state index < -0.39 is 22.6 Å². The number of hydrogen-bond acceptors (Lipinski definition) is 8. The minimum absolute atomic E-state index is 0.0953. The molecule has 1 spiro atoms. The highest BCUT2D eigenvalue weighted by Gasteiger charge is 2.52. The molecule has 2 atom stereocenters. The summed E-state index contributed by atoms with van der Waals surface area (Å²) < 4.78 is 27.8. The molecule has 0 saturated carbocycles. The van der Waals surface area contributed by atoms with Gasteiger partial charge in [-0.15, -0.1) is 11.3 Å². The Morgan fingerprint density at radius 2 is 1.97 bits per heavy atom. The Morgan fingerprint density at radius 3 is 2.61 bits per heavy atom. The van der Waals surface area contributed by atoms with Crippen molar-refractivity contribution < 1.29 is 14.0 Å². The maximum atomic E-state index is 15.6. The molecule has 2 saturated heterocycles. The molecule has 3 aliphatic rings. The monoisotopic (exact) mass is 461 g/mol. The first kappa shape index (κ1) is 20.9. The van der Waals surface area contributed by atoms with Gasteiger partial charge in [0.2, 0.25) is 5.82 Å². The second kappa shape index (κ2) is 7.30. The number of hydrogen-bond donors (Lipinski definition) is 1. The number of nitriles is 1. The molecule has 2 aromatic rings. The summed E-state index contributed by atoms with van der Waals surface area (Å²) in [6.45, 7) is 3.73. The van der Waals surface area contributed by atoms with Crippen LogP contribution in [0.2, 0.25) is 0 Å². The van der Waals surface area contributed by atoms with Crippen molar-refractivity contribution in [1.29, 1.82) is 5.26 Å². The third-order valence-corrected chi connectivity index (χ3v) is 8.41. The van der Waals surface area contributed by atoms with Gasteiger partial charge in [0.15, 0.2) is 11.6 Å². The lowest BCUT2D eigenvalue weighted by atomic mass is 9.74. The van der Waals surface area contributed by atoms with Crippen LogP contribution in [0.5, 0.6) is 0 Å². The molecular weight excluding hydrogens is 437 g/mol. The third kappa shape index (κ3) is 3.39. The molecule has 2 fully saturated rings. The third-order valence-electron chi connectivity index (χ3n) is 6.66. The minimum atomic E-state index is -1.47. The van der Waals surface area contributed by atoms with Crippen LogP contribution in [0.4, 0.5) is 16.0 Å². The van der Waals surface area contributed by atoms with Gasteiger partial charge in [-0.25, -0.2) is 0 Å². The number of anilines is 2. The normalized spacial score (nSPS) is 25.3. The van der Waals surface area contributed by atoms with Gasteiger partial charge in [-0.1, -0.05) is 0 Å². The van der Waals surface area contributed by atoms with Crippen LogP contribution in [0, 0.1) is 17.1 Å². The lowest BCUT2D eigenvalue weighted by Crippen LogP contribution is -2.59. The molecule has 31 heavy (non-hydrogen) atoms. The van der Waals surface area contributed by atoms with Crippen LogP contribution >= 0.6 is 11.3 Å². The molecule has 1 aliphatic carbocycles. The summed E-state index contributed by atoms with van der Waals surface area (Å²) in [6.07, 6.45) is 4.75. The number of halogens is 1. The van der Waals surface area contributed by atoms with Crippen molar-refractivity contribution in [3.05, 3.63) is 27.2 Å². The molecule has 0 bridgehead atoms. The number of fused-ring (bicyclic) bond motifs is 2. The van der Waals surface area contributed by atoms with E-state index in [9.17, 15) is 14.9 Å². The van der Waals surface area contributed by atoms with Gasteiger partial charge in [0.25, 0.3) is 0 Å². The summed E-state index contributed by atoms with van der Waals surface area (Å²) in [6, 6.07) is 2.30. The standard InChI is InChI=1S/C21H24FN5O2S2/c1-20(28)5-3-7-26(10-20)17-16(22)18(25-19(24-17)31(2)29)27-11-21(12-27)6-4-14-15(21)13(8-23)9-30-14/h9,28H,3-7,10-12H2,1-2H3/t20-,31?/m1/s1. The van der Waals surface area contributed by atoms with Gasteiger partial charge < -0.3 is 19.5 Å². The zero-order valence-corrected chi connectivity index (χ0v) is 19.2. The number of piperidine rings is 1. The fourth-order valence-electron chi connectivity index (χ4n) is 5.23. The lowest BCUT2D eigenvalue weighted by molar-refractivity contribution is 0.0445. The van der Waals surface area contributed by atoms with Crippen molar-refractivity contribution in [2.45, 2.75) is 48.8 Å². The van der Waals surface area contributed by atoms with E-state index in [0.29, 0.717) is 26.1 Å². The maximum Gasteiger partial charge on any atom is 0.346 e. The van der Waals surface area contributed by atoms with E-state index in [1.165, 1.54) is 11.1 Å². The number of aryl methyl sites for hydroxylation is 1. The van der Waals surface area contributed by atoms with Gasteiger partial charge in [-0.2, -0.15) is 19.6 Å². The van der Waals surface area contributed by atoms with E-state index in [-0.39, 0.29) is 28.8 Å². The first-order chi connectivity index (χ1) is 14.7. The predicted molar refractivity (Wildman–Crippen MR) is 118 cm³/mol. The Morgan fingerprint density at radius 1 is 1.26 bits per heavy atom. The SMILES string of the molecule is C[S+]([O-])c1nc(N2CC3(CCc4scc(C#N)c43)C2)c(F)c(N2CCC[C@@](C)(O)C2)n1. The van der Waals surface area contributed by atoms with E-state index in [0.717, 1.165) is 30.4 Å². The molecule has 2 aliphatic heterocycles. The topological polar surface area (TPSA) is 99.3 Å². The highest BCUT2D eigenvalue weighted by Crippen LogP contribution is 2.50. The second-order valence-electron chi connectivity index (χ2n) is 9.14. The number of aromatic nitrogens is 2. The van der Waals surface area contributed by atoms with Crippen LogP contribution < -0.4 is 9.80 Å². The average Bonchev–Trinajstić information content (AvgIpc) is 3.26. The van der Waals surface area contributed by atoms with E-state index in [4.69, 9.17) is 0 Å². The molecule has 10 heteroatoms. The number of thiophene rings is 1. The fraction of sp³-hybridized carbons (Fsp3) is 0.571. The second-order valence-corrected chi connectivity index (χ2v) is 11.4. The summed E-state index contributed by atoms with van der Waals surface area (Å²) in [4.78, 5) is 13.4. The summed E-state index contributed by atoms with van der Waals surface area (Å²) >= 11 is 0.164. The van der Waals surface area contributed by atoms with Crippen molar-refractivity contribution >= 4 is 34.1 Å². The van der Waals surface area contributed by atoms with Crippen LogP contribution in [-0.2, 0) is 23.0 Å². The Kier molecular flexibility index (Phi) is 4.93. The largest absolute Gasteiger partial charge is 0.609 e. The maximum absolute atomic E-state index is 15.6. The van der Waals surface area contributed by atoms with Gasteiger partial charge >= 0.3 is 5.16 Å². The zero-order chi connectivity index (χ0) is 22.0. The smallest absolute Gasteiger partial charge is 0.346 e. The van der Waals surface area contributed by atoms with Crippen molar-refractivity contribution in [2.75, 3.05) is 42.2 Å². The quantitative estimate of drug-likeness (QED) is 0.553. The van der Waals surface area contributed by atoms with E-state index in [1.807, 2.05) is 10.3 Å². The number of nitrogens with zero attached hydrogens (tertiary/aromatic N) is 5. The number of aliphatic hydroxyl groups is 1. The van der Waals surface area contributed by atoms with Crippen LogP contribution in [0.15, 0.2) is 10.5 Å². The molecule has 7 nitrogen and oxygen atoms in total. The molecular formula is C21H24FN5O2S2. The first-order valence-electron chi connectivity index (χ1n) is 10.4. The molecule has 0 aromatic carbocycles. The van der Waals surface area contributed by atoms with Crippen LogP contribution in [0.25, 0.3) is 0 Å². The van der Waals surface area contributed by atoms with Gasteiger partial charge in [0.05, 0.1) is 11.2 Å². The highest BCUT2D eigenvalue weighted by molar-refractivity contribution is 7.90. The molecule has 5 rings (SSSR count). The summed E-state index contributed by atoms with van der Waals surface area (Å²) in [5.74, 6) is -0.268. The van der Waals surface area contributed by atoms with Gasteiger partial charge in [0.1, 0.15) is 12.3 Å². The van der Waals surface area contributed by atoms with Gasteiger partial charge in [-0.05, 0) is 38.2 Å². The predicted octanol–water partition coefficient (Wildman–Crippen LogP) is 2.34. The summed E-state index contributed by atoms with van der Waals surface area (Å²) in [5.41, 5.74) is 0.789. The van der Waals surface area contributed by atoms with Crippen molar-refractivity contribution in [2.24, 2.45) is 0 Å². The molecule has 4 heterocycles. The molecule has 1 unspecified atom stereocenters. The fourth-order valence-corrected chi connectivity index (χ4v) is 6.75. The zero-order valence-electron chi connectivity index (χ0n) is 17.5. The van der Waals surface area contributed by atoms with Crippen LogP contribution in [0.1, 0.15) is 42.2 Å². The van der Waals surface area contributed by atoms with Crippen molar-refractivity contribution in [3.63, 3.8) is 0 Å². The molecule has 1 N–H and O–H groups in total. The molecule has 0 amide bonds. The highest BCUT2D eigenvalue weighted by atomic mass is 32.2. The summed E-state index contributed by atoms with van der Waals surface area (Å²) in [7, 11) is 0. The molecule has 0 radical (unpaired) electrons. The Balaban J connectivity index is 1.48. The summed E-state index contributed by atoms with van der Waals surface area (Å²) in [5, 5.41) is 22.0. The van der Waals surface area contributed by atoms with Gasteiger partial charge in [0, 0.05) is 53.0 Å². The van der Waals surface area contributed by atoms with E-state index >= 15 is 4.39 Å². The van der Waals surface area contributed by atoms with Crippen molar-refractivity contribution in [3.8, 4) is 6.07 Å². The number of rotatable bonds is 3. The first-order valence-corrected chi connectivity index (χ1v) is 12.8. The average molecular weight is 462 g/mol. The molecule has 2 aromatic heterocycles. The Labute approximate surface area is 187 Å². The van der Waals surface area contributed by atoms with Gasteiger partial charge in [-0.3, -0.25) is 0 Å². The van der Waals surface area contributed by atoms with E-state index in [1.54, 1.807) is 23.2 Å². The lowest BCUT2D eigenvalue weighted by Gasteiger charge is -2.49.